The molecule has 0 N–H and O–H groups in total. The Morgan fingerprint density at radius 2 is 1.17 bits per heavy atom. The smallest absolute Gasteiger partial charge is 0.309 e. The molecule has 0 amide bonds. The maximum atomic E-state index is 11.7. The Kier molecular flexibility index (Phi) is 3.64. The fourth-order valence-electron chi connectivity index (χ4n) is 2.81. The van der Waals surface area contributed by atoms with Crippen LogP contribution in [0.15, 0.2) is 0 Å². The summed E-state index contributed by atoms with van der Waals surface area (Å²) in [5, 5.41) is 0. The van der Waals surface area contributed by atoms with Crippen molar-refractivity contribution in [2.45, 2.75) is 52.7 Å². The minimum Gasteiger partial charge on any atom is -0.458 e. The predicted octanol–water partition coefficient (Wildman–Crippen LogP) is 2.16. The lowest BCUT2D eigenvalue weighted by molar-refractivity contribution is -0.156. The number of ether oxygens (including phenoxy) is 2. The van der Waals surface area contributed by atoms with E-state index in [4.69, 9.17) is 9.47 Å². The highest BCUT2D eigenvalue weighted by Crippen LogP contribution is 2.36. The van der Waals surface area contributed by atoms with E-state index >= 15 is 0 Å². The fraction of sp³-hybridized carbons (Fsp3) is 0.857. The zero-order valence-electron chi connectivity index (χ0n) is 11.5. The maximum absolute atomic E-state index is 11.7. The molecule has 2 aliphatic rings. The number of rotatable bonds is 3. The van der Waals surface area contributed by atoms with Crippen LogP contribution in [-0.2, 0) is 19.1 Å². The molecule has 4 nitrogen and oxygen atoms in total. The highest BCUT2D eigenvalue weighted by atomic mass is 16.6. The van der Waals surface area contributed by atoms with E-state index in [0.29, 0.717) is 12.8 Å². The molecular formula is C14H22O4. The molecule has 0 aromatic rings. The second kappa shape index (κ2) is 4.90. The molecule has 0 spiro atoms. The lowest BCUT2D eigenvalue weighted by Gasteiger charge is -2.16. The predicted molar refractivity (Wildman–Crippen MR) is 65.7 cm³/mol. The first-order valence-corrected chi connectivity index (χ1v) is 6.81. The van der Waals surface area contributed by atoms with Crippen molar-refractivity contribution >= 4 is 11.9 Å². The molecule has 0 radical (unpaired) electrons. The molecule has 0 saturated carbocycles. The molecular weight excluding hydrogens is 232 g/mol. The summed E-state index contributed by atoms with van der Waals surface area (Å²) in [6.45, 7) is 8.08. The molecule has 0 aliphatic carbocycles. The number of esters is 2. The van der Waals surface area contributed by atoms with Crippen LogP contribution in [0.5, 0.6) is 0 Å². The van der Waals surface area contributed by atoms with Crippen molar-refractivity contribution in [3.63, 3.8) is 0 Å². The highest BCUT2D eigenvalue weighted by Gasteiger charge is 2.47. The third-order valence-corrected chi connectivity index (χ3v) is 4.14. The first-order chi connectivity index (χ1) is 8.40. The van der Waals surface area contributed by atoms with Gasteiger partial charge in [-0.2, -0.15) is 0 Å². The van der Waals surface area contributed by atoms with Gasteiger partial charge >= 0.3 is 11.9 Å². The zero-order chi connectivity index (χ0) is 13.4. The number of hydrogen-bond donors (Lipinski definition) is 0. The van der Waals surface area contributed by atoms with Gasteiger partial charge in [-0.1, -0.05) is 27.7 Å². The molecule has 2 fully saturated rings. The average molecular weight is 254 g/mol. The summed E-state index contributed by atoms with van der Waals surface area (Å²) >= 11 is 0. The van der Waals surface area contributed by atoms with E-state index in [2.05, 4.69) is 0 Å². The summed E-state index contributed by atoms with van der Waals surface area (Å²) in [4.78, 5) is 23.4. The number of carbonyl (C=O) groups excluding carboxylic acids is 2. The van der Waals surface area contributed by atoms with Gasteiger partial charge in [0, 0.05) is 12.8 Å². The minimum absolute atomic E-state index is 0.0493. The SMILES string of the molecule is CC(C)C1CC(C2CC(C(C)C)C(=O)O2)OC1=O. The van der Waals surface area contributed by atoms with Gasteiger partial charge in [0.1, 0.15) is 12.2 Å². The molecule has 4 heteroatoms. The van der Waals surface area contributed by atoms with Crippen LogP contribution >= 0.6 is 0 Å². The topological polar surface area (TPSA) is 52.6 Å². The van der Waals surface area contributed by atoms with Crippen LogP contribution in [0.25, 0.3) is 0 Å². The molecule has 102 valence electrons. The molecule has 2 rings (SSSR count). The van der Waals surface area contributed by atoms with Crippen molar-refractivity contribution in [3.05, 3.63) is 0 Å². The van der Waals surface area contributed by atoms with Gasteiger partial charge in [-0.3, -0.25) is 9.59 Å². The van der Waals surface area contributed by atoms with Crippen LogP contribution < -0.4 is 0 Å². The van der Waals surface area contributed by atoms with Crippen LogP contribution in [-0.4, -0.2) is 24.1 Å². The van der Waals surface area contributed by atoms with Crippen LogP contribution in [0.4, 0.5) is 0 Å². The van der Waals surface area contributed by atoms with E-state index in [9.17, 15) is 9.59 Å². The Morgan fingerprint density at radius 3 is 1.39 bits per heavy atom. The van der Waals surface area contributed by atoms with E-state index in [0.717, 1.165) is 0 Å². The van der Waals surface area contributed by atoms with E-state index < -0.39 is 0 Å². The van der Waals surface area contributed by atoms with Crippen molar-refractivity contribution < 1.29 is 19.1 Å². The van der Waals surface area contributed by atoms with Gasteiger partial charge in [0.25, 0.3) is 0 Å². The minimum atomic E-state index is -0.238. The molecule has 4 unspecified atom stereocenters. The maximum Gasteiger partial charge on any atom is 0.309 e. The number of cyclic esters (lactones) is 2. The molecule has 18 heavy (non-hydrogen) atoms. The van der Waals surface area contributed by atoms with Crippen LogP contribution in [0.2, 0.25) is 0 Å². The normalized spacial score (nSPS) is 36.3. The van der Waals surface area contributed by atoms with Crippen LogP contribution in [0, 0.1) is 23.7 Å². The Morgan fingerprint density at radius 1 is 0.833 bits per heavy atom. The van der Waals surface area contributed by atoms with Gasteiger partial charge < -0.3 is 9.47 Å². The van der Waals surface area contributed by atoms with Crippen molar-refractivity contribution in [2.24, 2.45) is 23.7 Å². The molecule has 4 atom stereocenters. The molecule has 0 aromatic carbocycles. The second-order valence-corrected chi connectivity index (χ2v) is 6.12. The standard InChI is InChI=1S/C14H22O4/c1-7(2)9-5-11(17-13(9)15)12-6-10(8(3)4)14(16)18-12/h7-12H,5-6H2,1-4H3. The van der Waals surface area contributed by atoms with Crippen molar-refractivity contribution in [2.75, 3.05) is 0 Å². The summed E-state index contributed by atoms with van der Waals surface area (Å²) in [5.74, 6) is 0.178. The Hall–Kier alpha value is -1.06. The molecule has 2 saturated heterocycles. The number of carbonyl (C=O) groups is 2. The lowest BCUT2D eigenvalue weighted by Crippen LogP contribution is -2.25. The third-order valence-electron chi connectivity index (χ3n) is 4.14. The van der Waals surface area contributed by atoms with Gasteiger partial charge in [-0.15, -0.1) is 0 Å². The summed E-state index contributed by atoms with van der Waals surface area (Å²) in [5.41, 5.74) is 0. The van der Waals surface area contributed by atoms with E-state index in [1.807, 2.05) is 27.7 Å². The Balaban J connectivity index is 1.99. The van der Waals surface area contributed by atoms with Crippen LogP contribution in [0.1, 0.15) is 40.5 Å². The van der Waals surface area contributed by atoms with E-state index in [1.165, 1.54) is 0 Å². The quantitative estimate of drug-likeness (QED) is 0.724. The largest absolute Gasteiger partial charge is 0.458 e. The summed E-state index contributed by atoms with van der Waals surface area (Å²) < 4.78 is 10.8. The Labute approximate surface area is 108 Å². The van der Waals surface area contributed by atoms with E-state index in [1.54, 1.807) is 0 Å². The summed E-state index contributed by atoms with van der Waals surface area (Å²) in [6.07, 6.45) is 0.883. The first kappa shape index (κ1) is 13.4. The highest BCUT2D eigenvalue weighted by molar-refractivity contribution is 5.77. The summed E-state index contributed by atoms with van der Waals surface area (Å²) in [6, 6.07) is 0. The van der Waals surface area contributed by atoms with Gasteiger partial charge in [0.05, 0.1) is 11.8 Å². The fourth-order valence-corrected chi connectivity index (χ4v) is 2.81. The zero-order valence-corrected chi connectivity index (χ0v) is 11.5. The monoisotopic (exact) mass is 254 g/mol. The summed E-state index contributed by atoms with van der Waals surface area (Å²) in [7, 11) is 0. The first-order valence-electron chi connectivity index (χ1n) is 6.81. The van der Waals surface area contributed by atoms with Gasteiger partial charge in [0.2, 0.25) is 0 Å². The molecule has 0 bridgehead atoms. The van der Waals surface area contributed by atoms with Crippen molar-refractivity contribution in [1.82, 2.24) is 0 Å². The molecule has 0 aromatic heterocycles. The van der Waals surface area contributed by atoms with Crippen molar-refractivity contribution in [3.8, 4) is 0 Å². The lowest BCUT2D eigenvalue weighted by atomic mass is 9.88. The second-order valence-electron chi connectivity index (χ2n) is 6.12. The van der Waals surface area contributed by atoms with Crippen LogP contribution in [0.3, 0.4) is 0 Å². The molecule has 2 heterocycles. The third kappa shape index (κ3) is 2.38. The van der Waals surface area contributed by atoms with Crippen molar-refractivity contribution in [1.29, 1.82) is 0 Å². The Bertz CT molecular complexity index is 314. The van der Waals surface area contributed by atoms with Gasteiger partial charge in [0.15, 0.2) is 0 Å². The molecule has 2 aliphatic heterocycles. The van der Waals surface area contributed by atoms with Gasteiger partial charge in [-0.05, 0) is 11.8 Å². The average Bonchev–Trinajstić information content (AvgIpc) is 2.81. The van der Waals surface area contributed by atoms with Gasteiger partial charge in [-0.25, -0.2) is 0 Å². The van der Waals surface area contributed by atoms with E-state index in [-0.39, 0.29) is 47.8 Å². The number of hydrogen-bond acceptors (Lipinski definition) is 4.